The van der Waals surface area contributed by atoms with Crippen LogP contribution in [-0.4, -0.2) is 36.0 Å². The van der Waals surface area contributed by atoms with Gasteiger partial charge in [-0.1, -0.05) is 62.2 Å². The normalized spacial score (nSPS) is 11.8. The van der Waals surface area contributed by atoms with Gasteiger partial charge in [-0.05, 0) is 74.0 Å². The molecule has 0 aliphatic heterocycles. The van der Waals surface area contributed by atoms with Gasteiger partial charge < -0.3 is 4.57 Å². The van der Waals surface area contributed by atoms with Gasteiger partial charge in [0.1, 0.15) is 0 Å². The van der Waals surface area contributed by atoms with Crippen molar-refractivity contribution in [1.29, 1.82) is 0 Å². The number of hydrazone groups is 1. The molecule has 0 saturated carbocycles. The Morgan fingerprint density at radius 1 is 0.947 bits per heavy atom. The van der Waals surface area contributed by atoms with Crippen LogP contribution in [0.5, 0.6) is 0 Å². The van der Waals surface area contributed by atoms with Crippen molar-refractivity contribution in [3.05, 3.63) is 116 Å². The summed E-state index contributed by atoms with van der Waals surface area (Å²) in [5.41, 5.74) is 7.10. The molecule has 4 aromatic rings. The number of amides is 1. The van der Waals surface area contributed by atoms with E-state index in [-0.39, 0.29) is 18.0 Å². The Morgan fingerprint density at radius 3 is 2.18 bits per heavy atom. The maximum atomic E-state index is 13.4. The van der Waals surface area contributed by atoms with Gasteiger partial charge in [-0.15, -0.1) is 0 Å². The van der Waals surface area contributed by atoms with E-state index in [1.165, 1.54) is 12.1 Å². The number of hydrogen-bond donors (Lipinski definition) is 1. The number of benzene rings is 3. The Morgan fingerprint density at radius 2 is 1.55 bits per heavy atom. The Labute approximate surface area is 239 Å². The molecule has 0 bridgehead atoms. The van der Waals surface area contributed by atoms with Crippen LogP contribution in [0.3, 0.4) is 0 Å². The molecule has 0 spiro atoms. The minimum atomic E-state index is -3.94. The molecule has 0 aliphatic carbocycles. The molecule has 7 nitrogen and oxygen atoms in total. The average Bonchev–Trinajstić information content (AvgIpc) is 3.17. The van der Waals surface area contributed by atoms with Crippen LogP contribution in [0.1, 0.15) is 22.5 Å². The number of aryl methyl sites for hydroxylation is 1. The summed E-state index contributed by atoms with van der Waals surface area (Å²) in [5.74, 6) is -0.542. The average molecular weight is 658 g/mol. The predicted molar refractivity (Wildman–Crippen MR) is 157 cm³/mol. The van der Waals surface area contributed by atoms with Crippen LogP contribution in [0, 0.1) is 13.8 Å². The van der Waals surface area contributed by atoms with Crippen molar-refractivity contribution in [1.82, 2.24) is 14.3 Å². The zero-order valence-electron chi connectivity index (χ0n) is 20.8. The maximum absolute atomic E-state index is 13.4. The molecule has 0 atom stereocenters. The summed E-state index contributed by atoms with van der Waals surface area (Å²) in [6.45, 7) is 3.64. The highest BCUT2D eigenvalue weighted by Gasteiger charge is 2.27. The highest BCUT2D eigenvalue weighted by molar-refractivity contribution is 9.10. The van der Waals surface area contributed by atoms with Gasteiger partial charge in [-0.25, -0.2) is 13.8 Å². The number of carbonyl (C=O) groups is 1. The first-order valence-electron chi connectivity index (χ1n) is 11.7. The van der Waals surface area contributed by atoms with Crippen LogP contribution >= 0.6 is 31.9 Å². The van der Waals surface area contributed by atoms with Gasteiger partial charge in [0.2, 0.25) is 10.0 Å². The second kappa shape index (κ2) is 12.2. The SMILES string of the molecule is Cc1cc(/C=N/NC(=O)CN(Cc2ccccc2)S(=O)(=O)c2ccc(Br)cc2)c(C)n1-c1ccc(Br)cc1. The fraction of sp³-hybridized carbons (Fsp3) is 0.143. The van der Waals surface area contributed by atoms with Crippen molar-refractivity contribution in [3.8, 4) is 5.69 Å². The van der Waals surface area contributed by atoms with Crippen molar-refractivity contribution in [2.45, 2.75) is 25.3 Å². The summed E-state index contributed by atoms with van der Waals surface area (Å²) in [4.78, 5) is 12.9. The predicted octanol–water partition coefficient (Wildman–Crippen LogP) is 5.96. The third-order valence-electron chi connectivity index (χ3n) is 5.92. The number of halogens is 2. The minimum absolute atomic E-state index is 0.0463. The molecule has 10 heteroatoms. The van der Waals surface area contributed by atoms with Crippen LogP contribution in [0.25, 0.3) is 5.69 Å². The lowest BCUT2D eigenvalue weighted by atomic mass is 10.2. The van der Waals surface area contributed by atoms with E-state index in [0.29, 0.717) is 0 Å². The van der Waals surface area contributed by atoms with Gasteiger partial charge in [-0.3, -0.25) is 4.79 Å². The first-order valence-corrected chi connectivity index (χ1v) is 14.7. The van der Waals surface area contributed by atoms with E-state index in [1.807, 2.05) is 74.5 Å². The molecule has 0 saturated heterocycles. The van der Waals surface area contributed by atoms with Gasteiger partial charge >= 0.3 is 0 Å². The highest BCUT2D eigenvalue weighted by atomic mass is 79.9. The Bertz CT molecular complexity index is 1550. The lowest BCUT2D eigenvalue weighted by Crippen LogP contribution is -2.39. The molecular weight excluding hydrogens is 632 g/mol. The molecule has 0 unspecified atom stereocenters. The maximum Gasteiger partial charge on any atom is 0.255 e. The van der Waals surface area contributed by atoms with Gasteiger partial charge in [-0.2, -0.15) is 9.41 Å². The summed E-state index contributed by atoms with van der Waals surface area (Å²) in [7, 11) is -3.94. The van der Waals surface area contributed by atoms with Crippen molar-refractivity contribution >= 4 is 54.0 Å². The van der Waals surface area contributed by atoms with Crippen molar-refractivity contribution in [3.63, 3.8) is 0 Å². The van der Waals surface area contributed by atoms with Crippen molar-refractivity contribution in [2.24, 2.45) is 5.10 Å². The molecule has 1 amide bonds. The molecule has 38 heavy (non-hydrogen) atoms. The molecule has 3 aromatic carbocycles. The standard InChI is InChI=1S/C28H26Br2N4O3S/c1-20-16-23(21(2)34(20)26-12-8-24(29)9-13-26)17-31-32-28(35)19-33(18-22-6-4-3-5-7-22)38(36,37)27-14-10-25(30)11-15-27/h3-17H,18-19H2,1-2H3,(H,32,35)/b31-17+. The molecule has 196 valence electrons. The monoisotopic (exact) mass is 656 g/mol. The van der Waals surface area contributed by atoms with Crippen LogP contribution in [-0.2, 0) is 21.4 Å². The third kappa shape index (κ3) is 6.68. The molecule has 1 N–H and O–H groups in total. The molecule has 0 aliphatic rings. The molecule has 0 radical (unpaired) electrons. The molecule has 0 fully saturated rings. The first-order chi connectivity index (χ1) is 18.1. The number of hydrogen-bond acceptors (Lipinski definition) is 4. The smallest absolute Gasteiger partial charge is 0.255 e. The van der Waals surface area contributed by atoms with Crippen LogP contribution in [0.2, 0.25) is 0 Å². The summed E-state index contributed by atoms with van der Waals surface area (Å²) < 4.78 is 31.8. The molecule has 1 heterocycles. The fourth-order valence-corrected chi connectivity index (χ4v) is 5.96. The van der Waals surface area contributed by atoms with E-state index in [9.17, 15) is 13.2 Å². The van der Waals surface area contributed by atoms with Crippen molar-refractivity contribution < 1.29 is 13.2 Å². The lowest BCUT2D eigenvalue weighted by molar-refractivity contribution is -0.121. The number of nitrogens with one attached hydrogen (secondary N) is 1. The number of aromatic nitrogens is 1. The molecular formula is C28H26Br2N4O3S. The summed E-state index contributed by atoms with van der Waals surface area (Å²) in [6, 6.07) is 25.4. The third-order valence-corrected chi connectivity index (χ3v) is 8.78. The lowest BCUT2D eigenvalue weighted by Gasteiger charge is -2.21. The second-order valence-corrected chi connectivity index (χ2v) is 12.4. The van der Waals surface area contributed by atoms with Gasteiger partial charge in [0.25, 0.3) is 5.91 Å². The zero-order valence-corrected chi connectivity index (χ0v) is 24.8. The number of nitrogens with zero attached hydrogens (tertiary/aromatic N) is 3. The molecule has 4 rings (SSSR count). The topological polar surface area (TPSA) is 83.8 Å². The van der Waals surface area contributed by atoms with Gasteiger partial charge in [0.05, 0.1) is 17.7 Å². The quantitative estimate of drug-likeness (QED) is 0.178. The van der Waals surface area contributed by atoms with E-state index in [0.717, 1.165) is 41.5 Å². The second-order valence-electron chi connectivity index (χ2n) is 8.64. The summed E-state index contributed by atoms with van der Waals surface area (Å²) in [6.07, 6.45) is 1.57. The zero-order chi connectivity index (χ0) is 27.3. The van der Waals surface area contributed by atoms with E-state index in [2.05, 4.69) is 47.0 Å². The van der Waals surface area contributed by atoms with Crippen LogP contribution < -0.4 is 5.43 Å². The van der Waals surface area contributed by atoms with E-state index >= 15 is 0 Å². The van der Waals surface area contributed by atoms with E-state index in [4.69, 9.17) is 0 Å². The summed E-state index contributed by atoms with van der Waals surface area (Å²) >= 11 is 6.78. The van der Waals surface area contributed by atoms with Gasteiger partial charge in [0.15, 0.2) is 0 Å². The van der Waals surface area contributed by atoms with E-state index < -0.39 is 15.9 Å². The number of rotatable bonds is 9. The van der Waals surface area contributed by atoms with E-state index in [1.54, 1.807) is 18.3 Å². The number of sulfonamides is 1. The first kappa shape index (κ1) is 28.0. The Hall–Kier alpha value is -3.05. The molecule has 1 aromatic heterocycles. The largest absolute Gasteiger partial charge is 0.318 e. The minimum Gasteiger partial charge on any atom is -0.318 e. The Balaban J connectivity index is 1.51. The van der Waals surface area contributed by atoms with Gasteiger partial charge in [0, 0.05) is 38.1 Å². The Kier molecular flexibility index (Phi) is 8.99. The highest BCUT2D eigenvalue weighted by Crippen LogP contribution is 2.22. The van der Waals surface area contributed by atoms with Crippen molar-refractivity contribution in [2.75, 3.05) is 6.54 Å². The van der Waals surface area contributed by atoms with Crippen LogP contribution in [0.15, 0.2) is 104 Å². The van der Waals surface area contributed by atoms with Crippen LogP contribution in [0.4, 0.5) is 0 Å². The fourth-order valence-electron chi connectivity index (χ4n) is 4.04. The number of carbonyl (C=O) groups excluding carboxylic acids is 1. The summed E-state index contributed by atoms with van der Waals surface area (Å²) in [5, 5.41) is 4.12.